The smallest absolute Gasteiger partial charge is 0.435 e. The summed E-state index contributed by atoms with van der Waals surface area (Å²) in [5.74, 6) is -1.53. The van der Waals surface area contributed by atoms with Crippen LogP contribution in [-0.4, -0.2) is 55.6 Å². The minimum Gasteiger partial charge on any atom is -0.508 e. The zero-order valence-corrected chi connectivity index (χ0v) is 20.7. The summed E-state index contributed by atoms with van der Waals surface area (Å²) in [5.41, 5.74) is 4.03. The molecule has 10 nitrogen and oxygen atoms in total. The summed E-state index contributed by atoms with van der Waals surface area (Å²) < 4.78 is 57.9. The monoisotopic (exact) mass is 544 g/mol. The maximum Gasteiger partial charge on any atom is 0.435 e. The normalized spacial score (nSPS) is 12.5. The average molecular weight is 545 g/mol. The van der Waals surface area contributed by atoms with Crippen molar-refractivity contribution < 1.29 is 27.5 Å². The molecule has 0 radical (unpaired) electrons. The molecule has 39 heavy (non-hydrogen) atoms. The van der Waals surface area contributed by atoms with Crippen molar-refractivity contribution in [3.05, 3.63) is 83.5 Å². The topological polar surface area (TPSA) is 138 Å². The van der Waals surface area contributed by atoms with Crippen LogP contribution in [0, 0.1) is 11.2 Å². The average Bonchev–Trinajstić information content (AvgIpc) is 3.52. The molecule has 0 saturated carbocycles. The Bertz CT molecular complexity index is 1530. The Labute approximate surface area is 219 Å². The van der Waals surface area contributed by atoms with E-state index >= 15 is 4.39 Å². The number of halogens is 4. The number of hydrogen-bond donors (Lipinski definition) is 4. The number of nitrogens with zero attached hydrogens (tertiary/aromatic N) is 5. The fraction of sp³-hybridized carbons (Fsp3) is 0.200. The Kier molecular flexibility index (Phi) is 7.51. The van der Waals surface area contributed by atoms with Gasteiger partial charge in [-0.25, -0.2) is 14.1 Å². The number of nitrogens with two attached hydrogens (primary N) is 1. The van der Waals surface area contributed by atoms with Crippen LogP contribution in [0.25, 0.3) is 11.4 Å². The van der Waals surface area contributed by atoms with Crippen molar-refractivity contribution in [3.8, 4) is 17.1 Å². The van der Waals surface area contributed by atoms with E-state index in [0.717, 1.165) is 12.3 Å². The molecule has 1 unspecified atom stereocenters. The Hall–Kier alpha value is -4.56. The molecule has 0 bridgehead atoms. The molecule has 2 aromatic carbocycles. The zero-order chi connectivity index (χ0) is 28.5. The molecule has 1 amide bonds. The van der Waals surface area contributed by atoms with Gasteiger partial charge in [-0.05, 0) is 44.4 Å². The number of carbonyl (C=O) groups excluding carboxylic acids is 1. The highest BCUT2D eigenvalue weighted by atomic mass is 19.4. The predicted molar refractivity (Wildman–Crippen MR) is 135 cm³/mol. The third kappa shape index (κ3) is 5.81. The fourth-order valence-corrected chi connectivity index (χ4v) is 3.82. The molecule has 2 heterocycles. The molecule has 0 fully saturated rings. The van der Waals surface area contributed by atoms with E-state index in [1.165, 1.54) is 30.3 Å². The number of aromatic nitrogens is 4. The third-order valence-corrected chi connectivity index (χ3v) is 5.68. The van der Waals surface area contributed by atoms with Gasteiger partial charge in [-0.1, -0.05) is 0 Å². The molecule has 0 aliphatic carbocycles. The number of carbonyl (C=O) groups is 1. The largest absolute Gasteiger partial charge is 0.508 e. The van der Waals surface area contributed by atoms with Crippen LogP contribution in [0.3, 0.4) is 0 Å². The van der Waals surface area contributed by atoms with Gasteiger partial charge in [0.05, 0.1) is 24.0 Å². The first-order chi connectivity index (χ1) is 18.4. The second-order valence-electron chi connectivity index (χ2n) is 8.83. The van der Waals surface area contributed by atoms with Crippen molar-refractivity contribution in [2.45, 2.75) is 18.8 Å². The van der Waals surface area contributed by atoms with E-state index in [0.29, 0.717) is 28.8 Å². The van der Waals surface area contributed by atoms with Crippen molar-refractivity contribution in [1.29, 1.82) is 5.41 Å². The summed E-state index contributed by atoms with van der Waals surface area (Å²) in [6, 6.07) is 7.05. The van der Waals surface area contributed by atoms with Gasteiger partial charge in [0.2, 0.25) is 0 Å². The van der Waals surface area contributed by atoms with Gasteiger partial charge >= 0.3 is 6.18 Å². The molecule has 14 heteroatoms. The highest BCUT2D eigenvalue weighted by molar-refractivity contribution is 6.03. The number of imidazole rings is 1. The van der Waals surface area contributed by atoms with Crippen LogP contribution in [0.15, 0.2) is 54.9 Å². The summed E-state index contributed by atoms with van der Waals surface area (Å²) in [6.45, 7) is 0.488. The Morgan fingerprint density at radius 1 is 1.21 bits per heavy atom. The van der Waals surface area contributed by atoms with Gasteiger partial charge in [0.25, 0.3) is 5.91 Å². The van der Waals surface area contributed by atoms with E-state index in [2.05, 4.69) is 15.4 Å². The number of phenols is 1. The Morgan fingerprint density at radius 3 is 2.56 bits per heavy atom. The zero-order valence-electron chi connectivity index (χ0n) is 20.7. The molecule has 4 rings (SSSR count). The fourth-order valence-electron chi connectivity index (χ4n) is 3.82. The van der Waals surface area contributed by atoms with E-state index in [1.807, 2.05) is 19.0 Å². The lowest BCUT2D eigenvalue weighted by Gasteiger charge is -2.14. The summed E-state index contributed by atoms with van der Waals surface area (Å²) >= 11 is 0. The van der Waals surface area contributed by atoms with Gasteiger partial charge < -0.3 is 31.0 Å². The van der Waals surface area contributed by atoms with Gasteiger partial charge in [-0.15, -0.1) is 0 Å². The molecule has 204 valence electrons. The first-order valence-corrected chi connectivity index (χ1v) is 11.4. The quantitative estimate of drug-likeness (QED) is 0.196. The first kappa shape index (κ1) is 27.5. The molecular formula is C25H24F4N8O2. The molecule has 0 saturated heterocycles. The van der Waals surface area contributed by atoms with E-state index in [4.69, 9.17) is 11.1 Å². The van der Waals surface area contributed by atoms with Crippen molar-refractivity contribution in [2.75, 3.05) is 19.4 Å². The lowest BCUT2D eigenvalue weighted by atomic mass is 10.1. The number of rotatable bonds is 8. The van der Waals surface area contributed by atoms with Gasteiger partial charge in [0.1, 0.15) is 23.1 Å². The summed E-state index contributed by atoms with van der Waals surface area (Å²) in [5, 5.41) is 23.2. The molecule has 1 atom stereocenters. The van der Waals surface area contributed by atoms with Crippen LogP contribution in [-0.2, 0) is 12.7 Å². The number of benzene rings is 2. The number of nitrogens with one attached hydrogen (secondary N) is 2. The summed E-state index contributed by atoms with van der Waals surface area (Å²) in [6.07, 6.45) is -0.835. The van der Waals surface area contributed by atoms with Gasteiger partial charge in [0.15, 0.2) is 5.69 Å². The second kappa shape index (κ2) is 10.7. The van der Waals surface area contributed by atoms with Crippen molar-refractivity contribution in [3.63, 3.8) is 0 Å². The lowest BCUT2D eigenvalue weighted by molar-refractivity contribution is -0.141. The van der Waals surface area contributed by atoms with E-state index in [1.54, 1.807) is 17.0 Å². The SMILES string of the molecule is CN(C)Cc1nccn1-c1ccc(NC(=O)c2cc(C(F)(F)F)nn2-c2ccc(O)c(C(N)C=N)c2)c(F)c1. The van der Waals surface area contributed by atoms with Crippen molar-refractivity contribution in [1.82, 2.24) is 24.2 Å². The highest BCUT2D eigenvalue weighted by Gasteiger charge is 2.36. The maximum atomic E-state index is 15.0. The van der Waals surface area contributed by atoms with E-state index in [-0.39, 0.29) is 22.7 Å². The number of phenolic OH excluding ortho intramolecular Hbond substituents is 1. The lowest BCUT2D eigenvalue weighted by Crippen LogP contribution is -2.18. The van der Waals surface area contributed by atoms with Crippen LogP contribution in [0.5, 0.6) is 5.75 Å². The summed E-state index contributed by atoms with van der Waals surface area (Å²) in [7, 11) is 3.71. The number of anilines is 1. The molecule has 0 spiro atoms. The third-order valence-electron chi connectivity index (χ3n) is 5.68. The van der Waals surface area contributed by atoms with Crippen molar-refractivity contribution >= 4 is 17.8 Å². The molecule has 5 N–H and O–H groups in total. The minimum absolute atomic E-state index is 0.0349. The van der Waals surface area contributed by atoms with Crippen LogP contribution >= 0.6 is 0 Å². The first-order valence-electron chi connectivity index (χ1n) is 11.4. The Morgan fingerprint density at radius 2 is 1.92 bits per heavy atom. The molecule has 0 aliphatic rings. The van der Waals surface area contributed by atoms with E-state index < -0.39 is 35.3 Å². The van der Waals surface area contributed by atoms with Gasteiger partial charge in [-0.2, -0.15) is 18.3 Å². The van der Waals surface area contributed by atoms with Gasteiger partial charge in [0, 0.05) is 42.0 Å². The molecule has 2 aromatic heterocycles. The molecular weight excluding hydrogens is 520 g/mol. The van der Waals surface area contributed by atoms with E-state index in [9.17, 15) is 23.1 Å². The van der Waals surface area contributed by atoms with Crippen LogP contribution in [0.4, 0.5) is 23.2 Å². The molecule has 0 aliphatic heterocycles. The van der Waals surface area contributed by atoms with Gasteiger partial charge in [-0.3, -0.25) is 4.79 Å². The van der Waals surface area contributed by atoms with Crippen LogP contribution < -0.4 is 11.1 Å². The standard InChI is InChI=1S/C25H24F4N8O2/c1-35(2)13-23-32-7-8-36(23)14-3-5-19(17(26)10-14)33-24(39)20-11-22(25(27,28)29)34-37(20)15-4-6-21(38)16(9-15)18(31)12-30/h3-12,18,30,38H,13,31H2,1-2H3,(H,33,39). The number of alkyl halides is 3. The van der Waals surface area contributed by atoms with Crippen LogP contribution in [0.1, 0.15) is 33.6 Å². The minimum atomic E-state index is -4.88. The Balaban J connectivity index is 1.69. The maximum absolute atomic E-state index is 15.0. The molecule has 4 aromatic rings. The van der Waals surface area contributed by atoms with Crippen molar-refractivity contribution in [2.24, 2.45) is 5.73 Å². The second-order valence-corrected chi connectivity index (χ2v) is 8.83. The summed E-state index contributed by atoms with van der Waals surface area (Å²) in [4.78, 5) is 19.2. The number of hydrogen-bond acceptors (Lipinski definition) is 7. The number of amides is 1. The predicted octanol–water partition coefficient (Wildman–Crippen LogP) is 3.88. The highest BCUT2D eigenvalue weighted by Crippen LogP contribution is 2.32. The van der Waals surface area contributed by atoms with Crippen LogP contribution in [0.2, 0.25) is 0 Å². The number of aromatic hydroxyl groups is 1.